The van der Waals surface area contributed by atoms with Gasteiger partial charge in [0.1, 0.15) is 11.4 Å². The largest absolute Gasteiger partial charge is 0.401 e. The lowest BCUT2D eigenvalue weighted by molar-refractivity contribution is -0.127. The van der Waals surface area contributed by atoms with Crippen molar-refractivity contribution in [1.29, 1.82) is 5.26 Å². The van der Waals surface area contributed by atoms with E-state index in [1.54, 1.807) is 12.1 Å². The molecule has 0 amide bonds. The van der Waals surface area contributed by atoms with E-state index in [1.807, 2.05) is 0 Å². The molecule has 0 aromatic heterocycles. The van der Waals surface area contributed by atoms with Crippen molar-refractivity contribution in [3.05, 3.63) is 35.6 Å². The van der Waals surface area contributed by atoms with E-state index in [0.717, 1.165) is 0 Å². The molecule has 0 spiro atoms. The molecule has 0 fully saturated rings. The second-order valence-corrected chi connectivity index (χ2v) is 4.18. The standard InChI is InChI=1S/C12H12F4N2/c1-11(7-17,18-8-12(14,15)16)6-9-4-2-3-5-10(9)13/h2-5,18H,6,8H2,1H3. The molecule has 98 valence electrons. The van der Waals surface area contributed by atoms with Crippen LogP contribution in [0.25, 0.3) is 0 Å². The minimum atomic E-state index is -4.41. The fourth-order valence-corrected chi connectivity index (χ4v) is 1.46. The molecule has 0 saturated carbocycles. The van der Waals surface area contributed by atoms with Crippen LogP contribution in [-0.2, 0) is 6.42 Å². The molecule has 1 N–H and O–H groups in total. The van der Waals surface area contributed by atoms with Crippen LogP contribution in [0.5, 0.6) is 0 Å². The Kier molecular flexibility index (Phi) is 4.30. The monoisotopic (exact) mass is 260 g/mol. The van der Waals surface area contributed by atoms with Crippen LogP contribution in [0.4, 0.5) is 17.6 Å². The highest BCUT2D eigenvalue weighted by atomic mass is 19.4. The predicted molar refractivity (Wildman–Crippen MR) is 58.2 cm³/mol. The minimum Gasteiger partial charge on any atom is -0.291 e. The van der Waals surface area contributed by atoms with Gasteiger partial charge in [-0.15, -0.1) is 0 Å². The fourth-order valence-electron chi connectivity index (χ4n) is 1.46. The van der Waals surface area contributed by atoms with E-state index >= 15 is 0 Å². The summed E-state index contributed by atoms with van der Waals surface area (Å²) in [6, 6.07) is 7.45. The first-order valence-electron chi connectivity index (χ1n) is 5.22. The van der Waals surface area contributed by atoms with Crippen molar-refractivity contribution >= 4 is 0 Å². The quantitative estimate of drug-likeness (QED) is 0.845. The molecule has 18 heavy (non-hydrogen) atoms. The number of nitrogens with one attached hydrogen (secondary N) is 1. The zero-order valence-electron chi connectivity index (χ0n) is 9.68. The van der Waals surface area contributed by atoms with Crippen molar-refractivity contribution < 1.29 is 17.6 Å². The summed E-state index contributed by atoms with van der Waals surface area (Å²) >= 11 is 0. The summed E-state index contributed by atoms with van der Waals surface area (Å²) in [5.41, 5.74) is -1.26. The fraction of sp³-hybridized carbons (Fsp3) is 0.417. The summed E-state index contributed by atoms with van der Waals surface area (Å²) in [5.74, 6) is -0.534. The van der Waals surface area contributed by atoms with Crippen LogP contribution >= 0.6 is 0 Å². The number of hydrogen-bond donors (Lipinski definition) is 1. The average Bonchev–Trinajstić information content (AvgIpc) is 2.29. The van der Waals surface area contributed by atoms with Crippen LogP contribution in [-0.4, -0.2) is 18.3 Å². The molecule has 0 aliphatic rings. The van der Waals surface area contributed by atoms with Gasteiger partial charge in [-0.3, -0.25) is 5.32 Å². The molecule has 0 aliphatic heterocycles. The van der Waals surface area contributed by atoms with Crippen LogP contribution in [0.1, 0.15) is 12.5 Å². The smallest absolute Gasteiger partial charge is 0.291 e. The third kappa shape index (κ3) is 4.34. The van der Waals surface area contributed by atoms with Crippen LogP contribution in [0, 0.1) is 17.1 Å². The van der Waals surface area contributed by atoms with Crippen LogP contribution < -0.4 is 5.32 Å². The van der Waals surface area contributed by atoms with Crippen LogP contribution in [0.3, 0.4) is 0 Å². The van der Waals surface area contributed by atoms with Gasteiger partial charge in [0, 0.05) is 6.42 Å². The first-order valence-corrected chi connectivity index (χ1v) is 5.22. The summed E-state index contributed by atoms with van der Waals surface area (Å²) in [4.78, 5) is 0. The van der Waals surface area contributed by atoms with E-state index < -0.39 is 24.1 Å². The van der Waals surface area contributed by atoms with Gasteiger partial charge in [0.15, 0.2) is 0 Å². The third-order valence-corrected chi connectivity index (χ3v) is 2.43. The van der Waals surface area contributed by atoms with Gasteiger partial charge in [-0.05, 0) is 18.6 Å². The summed E-state index contributed by atoms with van der Waals surface area (Å²) < 4.78 is 49.7. The van der Waals surface area contributed by atoms with Gasteiger partial charge in [0.2, 0.25) is 0 Å². The molecule has 0 radical (unpaired) electrons. The normalized spacial score (nSPS) is 14.9. The van der Waals surface area contributed by atoms with E-state index in [0.29, 0.717) is 0 Å². The highest BCUT2D eigenvalue weighted by Crippen LogP contribution is 2.19. The molecule has 0 saturated heterocycles. The van der Waals surface area contributed by atoms with Crippen LogP contribution in [0.15, 0.2) is 24.3 Å². The van der Waals surface area contributed by atoms with Crippen molar-refractivity contribution in [2.45, 2.75) is 25.1 Å². The number of halogens is 4. The maximum atomic E-state index is 13.4. The van der Waals surface area contributed by atoms with Gasteiger partial charge in [-0.1, -0.05) is 18.2 Å². The molecule has 1 aromatic rings. The number of benzene rings is 1. The Morgan fingerprint density at radius 1 is 1.28 bits per heavy atom. The Bertz CT molecular complexity index is 450. The summed E-state index contributed by atoms with van der Waals surface area (Å²) in [6.45, 7) is 0.0245. The first kappa shape index (κ1) is 14.5. The van der Waals surface area contributed by atoms with Crippen molar-refractivity contribution in [1.82, 2.24) is 5.32 Å². The second-order valence-electron chi connectivity index (χ2n) is 4.18. The first-order chi connectivity index (χ1) is 8.26. The zero-order valence-corrected chi connectivity index (χ0v) is 9.68. The molecular formula is C12H12F4N2. The lowest BCUT2D eigenvalue weighted by atomic mass is 9.94. The Morgan fingerprint density at radius 2 is 1.89 bits per heavy atom. The van der Waals surface area contributed by atoms with Gasteiger partial charge in [0.25, 0.3) is 0 Å². The molecular weight excluding hydrogens is 248 g/mol. The van der Waals surface area contributed by atoms with Crippen LogP contribution in [0.2, 0.25) is 0 Å². The van der Waals surface area contributed by atoms with Gasteiger partial charge >= 0.3 is 6.18 Å². The summed E-state index contributed by atoms with van der Waals surface area (Å²) in [5, 5.41) is 11.0. The number of alkyl halides is 3. The van der Waals surface area contributed by atoms with Crippen molar-refractivity contribution in [3.63, 3.8) is 0 Å². The molecule has 6 heteroatoms. The molecule has 1 aromatic carbocycles. The van der Waals surface area contributed by atoms with E-state index in [-0.39, 0.29) is 12.0 Å². The Hall–Kier alpha value is -1.61. The molecule has 1 atom stereocenters. The van der Waals surface area contributed by atoms with Gasteiger partial charge < -0.3 is 0 Å². The Labute approximate surface area is 102 Å². The molecule has 0 heterocycles. The van der Waals surface area contributed by atoms with Gasteiger partial charge in [-0.2, -0.15) is 18.4 Å². The SMILES string of the molecule is CC(C#N)(Cc1ccccc1F)NCC(F)(F)F. The molecule has 1 unspecified atom stereocenters. The minimum absolute atomic E-state index is 0.133. The number of rotatable bonds is 4. The van der Waals surface area contributed by atoms with Crippen molar-refractivity contribution in [2.75, 3.05) is 6.54 Å². The highest BCUT2D eigenvalue weighted by Gasteiger charge is 2.33. The lowest BCUT2D eigenvalue weighted by Crippen LogP contribution is -2.47. The average molecular weight is 260 g/mol. The van der Waals surface area contributed by atoms with E-state index in [9.17, 15) is 17.6 Å². The van der Waals surface area contributed by atoms with Gasteiger partial charge in [-0.25, -0.2) is 4.39 Å². The van der Waals surface area contributed by atoms with E-state index in [4.69, 9.17) is 5.26 Å². The predicted octanol–water partition coefficient (Wildman–Crippen LogP) is 2.80. The molecule has 0 aliphatic carbocycles. The topological polar surface area (TPSA) is 35.8 Å². The van der Waals surface area contributed by atoms with E-state index in [1.165, 1.54) is 25.1 Å². The highest BCUT2D eigenvalue weighted by molar-refractivity contribution is 5.23. The number of nitrogens with zero attached hydrogens (tertiary/aromatic N) is 1. The number of nitriles is 1. The molecule has 1 rings (SSSR count). The lowest BCUT2D eigenvalue weighted by Gasteiger charge is -2.24. The van der Waals surface area contributed by atoms with E-state index in [2.05, 4.69) is 5.32 Å². The van der Waals surface area contributed by atoms with Crippen molar-refractivity contribution in [2.24, 2.45) is 0 Å². The van der Waals surface area contributed by atoms with Crippen molar-refractivity contribution in [3.8, 4) is 6.07 Å². The second kappa shape index (κ2) is 5.36. The maximum absolute atomic E-state index is 13.4. The zero-order chi connectivity index (χ0) is 13.8. The maximum Gasteiger partial charge on any atom is 0.401 e. The Balaban J connectivity index is 2.78. The Morgan fingerprint density at radius 3 is 2.39 bits per heavy atom. The summed E-state index contributed by atoms with van der Waals surface area (Å²) in [6.07, 6.45) is -4.54. The third-order valence-electron chi connectivity index (χ3n) is 2.43. The molecule has 0 bridgehead atoms. The molecule has 2 nitrogen and oxygen atoms in total. The van der Waals surface area contributed by atoms with Gasteiger partial charge in [0.05, 0.1) is 12.6 Å². The number of hydrogen-bond acceptors (Lipinski definition) is 2. The summed E-state index contributed by atoms with van der Waals surface area (Å²) in [7, 11) is 0.